The molecule has 1 aromatic rings. The van der Waals surface area contributed by atoms with Crippen molar-refractivity contribution < 1.29 is 0 Å². The molecular formula is C9H15N3S. The lowest BCUT2D eigenvalue weighted by atomic mass is 9.74. The number of nitrogens with one attached hydrogen (secondary N) is 1. The number of hydrogen-bond acceptors (Lipinski definition) is 4. The van der Waals surface area contributed by atoms with Crippen LogP contribution in [0.2, 0.25) is 0 Å². The summed E-state index contributed by atoms with van der Waals surface area (Å²) >= 11 is 1.44. The van der Waals surface area contributed by atoms with Crippen LogP contribution >= 0.6 is 11.5 Å². The van der Waals surface area contributed by atoms with Crippen molar-refractivity contribution in [2.75, 3.05) is 5.32 Å². The zero-order valence-corrected chi connectivity index (χ0v) is 8.84. The van der Waals surface area contributed by atoms with Gasteiger partial charge >= 0.3 is 0 Å². The maximum Gasteiger partial charge on any atom is 0.130 e. The normalized spacial score (nSPS) is 27.3. The van der Waals surface area contributed by atoms with E-state index >= 15 is 0 Å². The van der Waals surface area contributed by atoms with Crippen LogP contribution in [0.5, 0.6) is 0 Å². The average molecular weight is 197 g/mol. The lowest BCUT2D eigenvalue weighted by molar-refractivity contribution is 0.212. The second kappa shape index (κ2) is 3.62. The Morgan fingerprint density at radius 3 is 2.85 bits per heavy atom. The van der Waals surface area contributed by atoms with Gasteiger partial charge in [0.1, 0.15) is 5.00 Å². The molecule has 0 spiro atoms. The average Bonchev–Trinajstić information content (AvgIpc) is 2.46. The largest absolute Gasteiger partial charge is 0.372 e. The van der Waals surface area contributed by atoms with E-state index in [0.29, 0.717) is 6.04 Å². The van der Waals surface area contributed by atoms with Crippen molar-refractivity contribution in [2.24, 2.45) is 11.8 Å². The molecular weight excluding hydrogens is 182 g/mol. The molecule has 1 aliphatic carbocycles. The zero-order chi connectivity index (χ0) is 9.26. The van der Waals surface area contributed by atoms with Crippen LogP contribution in [0.3, 0.4) is 0 Å². The number of anilines is 1. The molecule has 1 saturated carbocycles. The third-order valence-electron chi connectivity index (χ3n) is 2.83. The van der Waals surface area contributed by atoms with Gasteiger partial charge in [-0.05, 0) is 24.7 Å². The fraction of sp³-hybridized carbons (Fsp3) is 0.778. The molecule has 2 rings (SSSR count). The molecule has 13 heavy (non-hydrogen) atoms. The molecule has 1 fully saturated rings. The van der Waals surface area contributed by atoms with Gasteiger partial charge in [-0.15, -0.1) is 5.10 Å². The summed E-state index contributed by atoms with van der Waals surface area (Å²) in [7, 11) is 0. The van der Waals surface area contributed by atoms with E-state index in [4.69, 9.17) is 0 Å². The Hall–Kier alpha value is -0.640. The van der Waals surface area contributed by atoms with Gasteiger partial charge in [0.15, 0.2) is 0 Å². The molecule has 0 bridgehead atoms. The number of rotatable bonds is 3. The third kappa shape index (κ3) is 1.99. The predicted octanol–water partition coefficient (Wildman–Crippen LogP) is 2.38. The van der Waals surface area contributed by atoms with Gasteiger partial charge in [-0.3, -0.25) is 0 Å². The second-order valence-corrected chi connectivity index (χ2v) is 4.88. The first-order chi connectivity index (χ1) is 6.25. The first-order valence-corrected chi connectivity index (χ1v) is 5.57. The Kier molecular flexibility index (Phi) is 2.49. The van der Waals surface area contributed by atoms with Crippen molar-refractivity contribution >= 4 is 16.5 Å². The van der Waals surface area contributed by atoms with Crippen LogP contribution in [0, 0.1) is 11.8 Å². The van der Waals surface area contributed by atoms with Crippen LogP contribution < -0.4 is 5.32 Å². The summed E-state index contributed by atoms with van der Waals surface area (Å²) in [6.45, 7) is 4.60. The maximum atomic E-state index is 3.82. The highest BCUT2D eigenvalue weighted by Crippen LogP contribution is 2.35. The van der Waals surface area contributed by atoms with Gasteiger partial charge < -0.3 is 5.32 Å². The molecule has 1 N–H and O–H groups in total. The molecule has 0 radical (unpaired) electrons. The van der Waals surface area contributed by atoms with E-state index in [1.165, 1.54) is 24.4 Å². The van der Waals surface area contributed by atoms with Gasteiger partial charge in [-0.25, -0.2) is 0 Å². The molecule has 0 aliphatic heterocycles. The SMILES string of the molecule is CC(C)C1CC(Nc2cnns2)C1. The Balaban J connectivity index is 1.76. The number of aromatic nitrogens is 2. The summed E-state index contributed by atoms with van der Waals surface area (Å²) < 4.78 is 3.82. The first-order valence-electron chi connectivity index (χ1n) is 4.79. The standard InChI is InChI=1S/C9H15N3S/c1-6(2)7-3-8(4-7)11-9-5-10-12-13-9/h5-8,11H,3-4H2,1-2H3. The molecule has 1 aliphatic rings. The van der Waals surface area contributed by atoms with E-state index in [9.17, 15) is 0 Å². The number of hydrogen-bond donors (Lipinski definition) is 1. The fourth-order valence-corrected chi connectivity index (χ4v) is 2.25. The molecule has 0 unspecified atom stereocenters. The number of nitrogens with zero attached hydrogens (tertiary/aromatic N) is 2. The maximum absolute atomic E-state index is 3.82. The summed E-state index contributed by atoms with van der Waals surface area (Å²) in [4.78, 5) is 0. The minimum absolute atomic E-state index is 0.662. The molecule has 0 aromatic carbocycles. The van der Waals surface area contributed by atoms with Crippen LogP contribution in [0.1, 0.15) is 26.7 Å². The minimum atomic E-state index is 0.662. The smallest absolute Gasteiger partial charge is 0.130 e. The molecule has 0 atom stereocenters. The Labute approximate surface area is 82.7 Å². The Morgan fingerprint density at radius 1 is 1.54 bits per heavy atom. The van der Waals surface area contributed by atoms with Crippen molar-refractivity contribution in [1.29, 1.82) is 0 Å². The van der Waals surface area contributed by atoms with E-state index in [1.54, 1.807) is 6.20 Å². The van der Waals surface area contributed by atoms with Crippen molar-refractivity contribution in [2.45, 2.75) is 32.7 Å². The van der Waals surface area contributed by atoms with Crippen LogP contribution in [0.4, 0.5) is 5.00 Å². The quantitative estimate of drug-likeness (QED) is 0.808. The topological polar surface area (TPSA) is 37.8 Å². The highest BCUT2D eigenvalue weighted by molar-refractivity contribution is 7.09. The van der Waals surface area contributed by atoms with E-state index in [-0.39, 0.29) is 0 Å². The highest BCUT2D eigenvalue weighted by atomic mass is 32.1. The Bertz CT molecular complexity index is 252. The van der Waals surface area contributed by atoms with Gasteiger partial charge in [0.25, 0.3) is 0 Å². The minimum Gasteiger partial charge on any atom is -0.372 e. The first kappa shape index (κ1) is 8.94. The van der Waals surface area contributed by atoms with Crippen LogP contribution in [0.25, 0.3) is 0 Å². The fourth-order valence-electron chi connectivity index (χ4n) is 1.76. The van der Waals surface area contributed by atoms with Crippen molar-refractivity contribution in [1.82, 2.24) is 9.59 Å². The van der Waals surface area contributed by atoms with Gasteiger partial charge in [-0.2, -0.15) is 0 Å². The summed E-state index contributed by atoms with van der Waals surface area (Å²) in [5, 5.41) is 8.33. The van der Waals surface area contributed by atoms with Gasteiger partial charge in [0, 0.05) is 17.6 Å². The summed E-state index contributed by atoms with van der Waals surface area (Å²) in [6, 6.07) is 0.662. The van der Waals surface area contributed by atoms with E-state index in [2.05, 4.69) is 28.8 Å². The molecule has 1 aromatic heterocycles. The van der Waals surface area contributed by atoms with Crippen molar-refractivity contribution in [3.05, 3.63) is 6.20 Å². The van der Waals surface area contributed by atoms with Crippen molar-refractivity contribution in [3.8, 4) is 0 Å². The van der Waals surface area contributed by atoms with Gasteiger partial charge in [-0.1, -0.05) is 18.3 Å². The van der Waals surface area contributed by atoms with Crippen molar-refractivity contribution in [3.63, 3.8) is 0 Å². The Morgan fingerprint density at radius 2 is 2.31 bits per heavy atom. The molecule has 0 amide bonds. The van der Waals surface area contributed by atoms with Crippen LogP contribution in [0.15, 0.2) is 6.20 Å². The molecule has 3 nitrogen and oxygen atoms in total. The highest BCUT2D eigenvalue weighted by Gasteiger charge is 2.31. The lowest BCUT2D eigenvalue weighted by Gasteiger charge is -2.38. The third-order valence-corrected chi connectivity index (χ3v) is 3.42. The van der Waals surface area contributed by atoms with E-state index < -0.39 is 0 Å². The molecule has 4 heteroatoms. The van der Waals surface area contributed by atoms with E-state index in [0.717, 1.165) is 16.8 Å². The van der Waals surface area contributed by atoms with Crippen LogP contribution in [-0.4, -0.2) is 15.6 Å². The molecule has 72 valence electrons. The second-order valence-electron chi connectivity index (χ2n) is 4.10. The molecule has 1 heterocycles. The monoisotopic (exact) mass is 197 g/mol. The summed E-state index contributed by atoms with van der Waals surface area (Å²) in [5.41, 5.74) is 0. The van der Waals surface area contributed by atoms with E-state index in [1.807, 2.05) is 0 Å². The lowest BCUT2D eigenvalue weighted by Crippen LogP contribution is -2.37. The summed E-state index contributed by atoms with van der Waals surface area (Å²) in [5.74, 6) is 1.75. The zero-order valence-electron chi connectivity index (χ0n) is 8.03. The van der Waals surface area contributed by atoms with Gasteiger partial charge in [0.2, 0.25) is 0 Å². The summed E-state index contributed by atoms with van der Waals surface area (Å²) in [6.07, 6.45) is 4.40. The van der Waals surface area contributed by atoms with Crippen LogP contribution in [-0.2, 0) is 0 Å². The van der Waals surface area contributed by atoms with Gasteiger partial charge in [0.05, 0.1) is 6.20 Å². The predicted molar refractivity (Wildman–Crippen MR) is 54.9 cm³/mol. The molecule has 0 saturated heterocycles.